The lowest BCUT2D eigenvalue weighted by molar-refractivity contribution is 0.381. The largest absolute Gasteiger partial charge is 0.314 e. The molecule has 17 heavy (non-hydrogen) atoms. The Kier molecular flexibility index (Phi) is 5.40. The Bertz CT molecular complexity index is 312. The van der Waals surface area contributed by atoms with Gasteiger partial charge in [0.1, 0.15) is 0 Å². The van der Waals surface area contributed by atoms with Gasteiger partial charge in [-0.2, -0.15) is 0 Å². The van der Waals surface area contributed by atoms with Gasteiger partial charge >= 0.3 is 0 Å². The van der Waals surface area contributed by atoms with Crippen LogP contribution in [0.1, 0.15) is 39.0 Å². The van der Waals surface area contributed by atoms with Crippen molar-refractivity contribution >= 4 is 11.8 Å². The van der Waals surface area contributed by atoms with Gasteiger partial charge in [0.25, 0.3) is 0 Å². The van der Waals surface area contributed by atoms with Gasteiger partial charge < -0.3 is 5.32 Å². The highest BCUT2D eigenvalue weighted by Crippen LogP contribution is 2.33. The summed E-state index contributed by atoms with van der Waals surface area (Å²) in [7, 11) is 0. The van der Waals surface area contributed by atoms with E-state index < -0.39 is 0 Å². The summed E-state index contributed by atoms with van der Waals surface area (Å²) in [6, 6.07) is 11.6. The van der Waals surface area contributed by atoms with Crippen molar-refractivity contribution in [2.24, 2.45) is 0 Å². The topological polar surface area (TPSA) is 12.0 Å². The van der Waals surface area contributed by atoms with Crippen molar-refractivity contribution in [2.45, 2.75) is 55.2 Å². The van der Waals surface area contributed by atoms with Gasteiger partial charge in [0.05, 0.1) is 0 Å². The summed E-state index contributed by atoms with van der Waals surface area (Å²) in [6.07, 6.45) is 6.70. The van der Waals surface area contributed by atoms with E-state index in [1.54, 1.807) is 0 Å². The molecule has 2 rings (SSSR count). The molecule has 0 saturated heterocycles. The van der Waals surface area contributed by atoms with Crippen molar-refractivity contribution in [1.29, 1.82) is 0 Å². The van der Waals surface area contributed by atoms with Crippen LogP contribution in [-0.4, -0.2) is 17.8 Å². The number of rotatable bonds is 5. The van der Waals surface area contributed by atoms with Crippen molar-refractivity contribution in [3.05, 3.63) is 30.3 Å². The summed E-state index contributed by atoms with van der Waals surface area (Å²) >= 11 is 2.06. The molecule has 0 heterocycles. The van der Waals surface area contributed by atoms with E-state index in [0.29, 0.717) is 0 Å². The van der Waals surface area contributed by atoms with Crippen molar-refractivity contribution in [3.8, 4) is 0 Å². The zero-order chi connectivity index (χ0) is 11.9. The molecule has 1 aliphatic rings. The number of hydrogen-bond donors (Lipinski definition) is 1. The second kappa shape index (κ2) is 7.07. The molecule has 2 heteroatoms. The van der Waals surface area contributed by atoms with Crippen molar-refractivity contribution in [3.63, 3.8) is 0 Å². The van der Waals surface area contributed by atoms with E-state index in [1.165, 1.54) is 43.5 Å². The molecule has 0 amide bonds. The van der Waals surface area contributed by atoms with Gasteiger partial charge in [-0.3, -0.25) is 0 Å². The first-order valence-electron chi connectivity index (χ1n) is 6.83. The van der Waals surface area contributed by atoms with Crippen LogP contribution in [0.15, 0.2) is 35.2 Å². The third-order valence-corrected chi connectivity index (χ3v) is 4.66. The maximum atomic E-state index is 3.67. The van der Waals surface area contributed by atoms with E-state index in [9.17, 15) is 0 Å². The molecule has 2 atom stereocenters. The predicted molar refractivity (Wildman–Crippen MR) is 76.6 cm³/mol. The quantitative estimate of drug-likeness (QED) is 0.843. The fourth-order valence-electron chi connectivity index (χ4n) is 2.48. The van der Waals surface area contributed by atoms with Crippen molar-refractivity contribution in [1.82, 2.24) is 5.32 Å². The Balaban J connectivity index is 1.81. The lowest BCUT2D eigenvalue weighted by Crippen LogP contribution is -2.35. The monoisotopic (exact) mass is 249 g/mol. The maximum Gasteiger partial charge on any atom is 0.0109 e. The summed E-state index contributed by atoms with van der Waals surface area (Å²) in [5, 5.41) is 4.48. The highest BCUT2D eigenvalue weighted by atomic mass is 32.2. The van der Waals surface area contributed by atoms with Crippen molar-refractivity contribution in [2.75, 3.05) is 6.54 Å². The standard InChI is InChI=1S/C15H23NS/c1-2-11-16-13-7-6-10-15(12-13)17-14-8-4-3-5-9-14/h3-5,8-9,13,15-16H,2,6-7,10-12H2,1H3. The SMILES string of the molecule is CCCNC1CCCC(Sc2ccccc2)C1. The highest BCUT2D eigenvalue weighted by Gasteiger charge is 2.21. The lowest BCUT2D eigenvalue weighted by Gasteiger charge is -2.29. The second-order valence-corrected chi connectivity index (χ2v) is 6.24. The molecule has 1 N–H and O–H groups in total. The summed E-state index contributed by atoms with van der Waals surface area (Å²) in [6.45, 7) is 3.42. The normalized spacial score (nSPS) is 24.8. The molecule has 1 aromatic carbocycles. The van der Waals surface area contributed by atoms with Gasteiger partial charge in [-0.15, -0.1) is 11.8 Å². The number of hydrogen-bond acceptors (Lipinski definition) is 2. The number of nitrogens with one attached hydrogen (secondary N) is 1. The average Bonchev–Trinajstić information content (AvgIpc) is 2.38. The highest BCUT2D eigenvalue weighted by molar-refractivity contribution is 8.00. The molecule has 1 nitrogen and oxygen atoms in total. The smallest absolute Gasteiger partial charge is 0.0109 e. The molecule has 0 aliphatic heterocycles. The minimum Gasteiger partial charge on any atom is -0.314 e. The maximum absolute atomic E-state index is 3.67. The van der Waals surface area contributed by atoms with Crippen LogP contribution in [0, 0.1) is 0 Å². The Morgan fingerprint density at radius 2 is 2.06 bits per heavy atom. The van der Waals surface area contributed by atoms with Crippen LogP contribution in [0.25, 0.3) is 0 Å². The summed E-state index contributed by atoms with van der Waals surface area (Å²) in [4.78, 5) is 1.42. The van der Waals surface area contributed by atoms with E-state index in [-0.39, 0.29) is 0 Å². The molecular weight excluding hydrogens is 226 g/mol. The minimum absolute atomic E-state index is 0.755. The van der Waals surface area contributed by atoms with Crippen LogP contribution in [-0.2, 0) is 0 Å². The Morgan fingerprint density at radius 1 is 1.24 bits per heavy atom. The zero-order valence-electron chi connectivity index (χ0n) is 10.7. The molecule has 0 spiro atoms. The summed E-state index contributed by atoms with van der Waals surface area (Å²) in [5.41, 5.74) is 0. The summed E-state index contributed by atoms with van der Waals surface area (Å²) in [5.74, 6) is 0. The molecule has 1 saturated carbocycles. The first-order valence-corrected chi connectivity index (χ1v) is 7.71. The van der Waals surface area contributed by atoms with E-state index in [1.807, 2.05) is 0 Å². The molecule has 2 unspecified atom stereocenters. The van der Waals surface area contributed by atoms with Crippen molar-refractivity contribution < 1.29 is 0 Å². The van der Waals surface area contributed by atoms with E-state index >= 15 is 0 Å². The third-order valence-electron chi connectivity index (χ3n) is 3.36. The first-order chi connectivity index (χ1) is 8.38. The Morgan fingerprint density at radius 3 is 2.82 bits per heavy atom. The van der Waals surface area contributed by atoms with Crippen LogP contribution in [0.3, 0.4) is 0 Å². The van der Waals surface area contributed by atoms with Gasteiger partial charge in [0.2, 0.25) is 0 Å². The molecular formula is C15H23NS. The van der Waals surface area contributed by atoms with Gasteiger partial charge in [-0.25, -0.2) is 0 Å². The predicted octanol–water partition coefficient (Wildman–Crippen LogP) is 4.09. The van der Waals surface area contributed by atoms with Crippen LogP contribution >= 0.6 is 11.8 Å². The van der Waals surface area contributed by atoms with Gasteiger partial charge in [0.15, 0.2) is 0 Å². The molecule has 1 fully saturated rings. The van der Waals surface area contributed by atoms with Gasteiger partial charge in [-0.05, 0) is 44.4 Å². The summed E-state index contributed by atoms with van der Waals surface area (Å²) < 4.78 is 0. The Hall–Kier alpha value is -0.470. The fourth-order valence-corrected chi connectivity index (χ4v) is 3.79. The zero-order valence-corrected chi connectivity index (χ0v) is 11.5. The van der Waals surface area contributed by atoms with Gasteiger partial charge in [-0.1, -0.05) is 31.5 Å². The molecule has 94 valence electrons. The van der Waals surface area contributed by atoms with E-state index in [4.69, 9.17) is 0 Å². The van der Waals surface area contributed by atoms with Crippen LogP contribution in [0.4, 0.5) is 0 Å². The Labute approximate surface area is 109 Å². The average molecular weight is 249 g/mol. The lowest BCUT2D eigenvalue weighted by atomic mass is 9.95. The van der Waals surface area contributed by atoms with Gasteiger partial charge in [0, 0.05) is 16.2 Å². The molecule has 0 aromatic heterocycles. The van der Waals surface area contributed by atoms with Crippen LogP contribution < -0.4 is 5.32 Å². The molecule has 0 bridgehead atoms. The fraction of sp³-hybridized carbons (Fsp3) is 0.600. The minimum atomic E-state index is 0.755. The molecule has 0 radical (unpaired) electrons. The third kappa shape index (κ3) is 4.36. The number of benzene rings is 1. The first kappa shape index (κ1) is 13.0. The van der Waals surface area contributed by atoms with Crippen LogP contribution in [0.2, 0.25) is 0 Å². The van der Waals surface area contributed by atoms with E-state index in [2.05, 4.69) is 54.3 Å². The second-order valence-electron chi connectivity index (χ2n) is 4.87. The molecule has 1 aromatic rings. The van der Waals surface area contributed by atoms with Crippen LogP contribution in [0.5, 0.6) is 0 Å². The number of thioether (sulfide) groups is 1. The van der Waals surface area contributed by atoms with E-state index in [0.717, 1.165) is 11.3 Å². The molecule has 1 aliphatic carbocycles.